The highest BCUT2D eigenvalue weighted by molar-refractivity contribution is 5.50. The quantitative estimate of drug-likeness (QED) is 0.793. The Morgan fingerprint density at radius 1 is 1.20 bits per heavy atom. The number of benzene rings is 1. The molecule has 0 saturated carbocycles. The molecule has 114 valence electrons. The van der Waals surface area contributed by atoms with Crippen LogP contribution in [-0.4, -0.2) is 44.7 Å². The van der Waals surface area contributed by atoms with Crippen LogP contribution in [0.15, 0.2) is 18.2 Å². The molecular formula is C17H31N3. The van der Waals surface area contributed by atoms with Gasteiger partial charge >= 0.3 is 0 Å². The summed E-state index contributed by atoms with van der Waals surface area (Å²) in [5.74, 6) is 0. The van der Waals surface area contributed by atoms with Crippen molar-refractivity contribution in [2.45, 2.75) is 39.7 Å². The molecule has 0 heterocycles. The van der Waals surface area contributed by atoms with E-state index in [1.807, 2.05) is 0 Å². The molecule has 0 aliphatic carbocycles. The van der Waals surface area contributed by atoms with Crippen molar-refractivity contribution in [1.82, 2.24) is 4.90 Å². The molecule has 0 amide bonds. The Hall–Kier alpha value is -1.06. The Morgan fingerprint density at radius 3 is 2.40 bits per heavy atom. The van der Waals surface area contributed by atoms with Gasteiger partial charge in [-0.3, -0.25) is 0 Å². The summed E-state index contributed by atoms with van der Waals surface area (Å²) in [6, 6.07) is 7.01. The van der Waals surface area contributed by atoms with Gasteiger partial charge in [0.25, 0.3) is 0 Å². The summed E-state index contributed by atoms with van der Waals surface area (Å²) < 4.78 is 0. The normalized spacial score (nSPS) is 12.8. The van der Waals surface area contributed by atoms with Gasteiger partial charge in [-0.1, -0.05) is 6.07 Å². The summed E-state index contributed by atoms with van der Waals surface area (Å²) >= 11 is 0. The van der Waals surface area contributed by atoms with Gasteiger partial charge in [0, 0.05) is 24.8 Å². The van der Waals surface area contributed by atoms with E-state index in [1.165, 1.54) is 23.2 Å². The fourth-order valence-corrected chi connectivity index (χ4v) is 2.50. The Bertz CT molecular complexity index is 399. The van der Waals surface area contributed by atoms with Crippen LogP contribution in [0.3, 0.4) is 0 Å². The van der Waals surface area contributed by atoms with Gasteiger partial charge in [0.1, 0.15) is 0 Å². The number of anilines is 1. The number of rotatable bonds is 8. The third-order valence-corrected chi connectivity index (χ3v) is 3.65. The van der Waals surface area contributed by atoms with Crippen molar-refractivity contribution in [3.63, 3.8) is 0 Å². The molecule has 0 spiro atoms. The van der Waals surface area contributed by atoms with Crippen molar-refractivity contribution in [2.24, 2.45) is 5.73 Å². The maximum absolute atomic E-state index is 5.90. The Morgan fingerprint density at radius 2 is 1.90 bits per heavy atom. The van der Waals surface area contributed by atoms with Gasteiger partial charge in [-0.2, -0.15) is 0 Å². The molecule has 0 bridgehead atoms. The van der Waals surface area contributed by atoms with E-state index in [1.54, 1.807) is 0 Å². The number of hydrogen-bond acceptors (Lipinski definition) is 3. The van der Waals surface area contributed by atoms with Crippen LogP contribution >= 0.6 is 0 Å². The number of aryl methyl sites for hydroxylation is 1. The second-order valence-corrected chi connectivity index (χ2v) is 6.03. The zero-order valence-corrected chi connectivity index (χ0v) is 13.8. The standard InChI is InChI=1S/C17H31N3/c1-6-20(11-7-10-19(4)5)17-9-8-16(13-15(3)18)14(2)12-17/h8-9,12,15H,6-7,10-11,13,18H2,1-5H3. The minimum atomic E-state index is 0.224. The molecule has 20 heavy (non-hydrogen) atoms. The second kappa shape index (κ2) is 8.28. The summed E-state index contributed by atoms with van der Waals surface area (Å²) in [7, 11) is 4.26. The molecule has 0 aromatic heterocycles. The zero-order chi connectivity index (χ0) is 15.1. The largest absolute Gasteiger partial charge is 0.372 e. The van der Waals surface area contributed by atoms with Gasteiger partial charge in [-0.05, 0) is 77.5 Å². The van der Waals surface area contributed by atoms with Crippen molar-refractivity contribution >= 4 is 5.69 Å². The lowest BCUT2D eigenvalue weighted by molar-refractivity contribution is 0.400. The van der Waals surface area contributed by atoms with Crippen LogP contribution in [0.5, 0.6) is 0 Å². The van der Waals surface area contributed by atoms with E-state index in [9.17, 15) is 0 Å². The highest BCUT2D eigenvalue weighted by Gasteiger charge is 2.08. The summed E-state index contributed by atoms with van der Waals surface area (Å²) in [5.41, 5.74) is 9.95. The number of nitrogens with zero attached hydrogens (tertiary/aromatic N) is 2. The predicted octanol–water partition coefficient (Wildman–Crippen LogP) is 2.66. The highest BCUT2D eigenvalue weighted by atomic mass is 15.1. The average Bonchev–Trinajstić information content (AvgIpc) is 2.36. The number of hydrogen-bond donors (Lipinski definition) is 1. The highest BCUT2D eigenvalue weighted by Crippen LogP contribution is 2.20. The fraction of sp³-hybridized carbons (Fsp3) is 0.647. The molecule has 0 aliphatic rings. The third-order valence-electron chi connectivity index (χ3n) is 3.65. The molecule has 1 atom stereocenters. The first-order chi connectivity index (χ1) is 9.43. The van der Waals surface area contributed by atoms with Gasteiger partial charge in [0.05, 0.1) is 0 Å². The summed E-state index contributed by atoms with van der Waals surface area (Å²) in [4.78, 5) is 4.69. The first kappa shape index (κ1) is 17.0. The van der Waals surface area contributed by atoms with E-state index in [0.717, 1.165) is 26.1 Å². The molecule has 1 aromatic carbocycles. The summed E-state index contributed by atoms with van der Waals surface area (Å²) in [5, 5.41) is 0. The smallest absolute Gasteiger partial charge is 0.0368 e. The van der Waals surface area contributed by atoms with E-state index in [4.69, 9.17) is 5.73 Å². The van der Waals surface area contributed by atoms with E-state index in [2.05, 4.69) is 62.9 Å². The molecular weight excluding hydrogens is 246 g/mol. The Kier molecular flexibility index (Phi) is 7.03. The lowest BCUT2D eigenvalue weighted by Gasteiger charge is -2.25. The SMILES string of the molecule is CCN(CCCN(C)C)c1ccc(CC(C)N)c(C)c1. The van der Waals surface area contributed by atoms with Crippen LogP contribution in [0.4, 0.5) is 5.69 Å². The first-order valence-electron chi connectivity index (χ1n) is 7.68. The average molecular weight is 277 g/mol. The molecule has 0 aliphatic heterocycles. The van der Waals surface area contributed by atoms with Crippen LogP contribution in [0.25, 0.3) is 0 Å². The van der Waals surface area contributed by atoms with E-state index >= 15 is 0 Å². The fourth-order valence-electron chi connectivity index (χ4n) is 2.50. The van der Waals surface area contributed by atoms with Crippen LogP contribution in [-0.2, 0) is 6.42 Å². The first-order valence-corrected chi connectivity index (χ1v) is 7.68. The molecule has 0 saturated heterocycles. The maximum atomic E-state index is 5.90. The topological polar surface area (TPSA) is 32.5 Å². The third kappa shape index (κ3) is 5.51. The summed E-state index contributed by atoms with van der Waals surface area (Å²) in [6.45, 7) is 9.78. The predicted molar refractivity (Wildman–Crippen MR) is 89.6 cm³/mol. The van der Waals surface area contributed by atoms with Gasteiger partial charge in [0.2, 0.25) is 0 Å². The molecule has 1 unspecified atom stereocenters. The summed E-state index contributed by atoms with van der Waals surface area (Å²) in [6.07, 6.45) is 2.15. The molecule has 3 heteroatoms. The lowest BCUT2D eigenvalue weighted by atomic mass is 10.0. The second-order valence-electron chi connectivity index (χ2n) is 6.03. The van der Waals surface area contributed by atoms with Crippen molar-refractivity contribution in [3.05, 3.63) is 29.3 Å². The monoisotopic (exact) mass is 277 g/mol. The number of nitrogens with two attached hydrogens (primary N) is 1. The lowest BCUT2D eigenvalue weighted by Crippen LogP contribution is -2.27. The maximum Gasteiger partial charge on any atom is 0.0368 e. The van der Waals surface area contributed by atoms with Crippen LogP contribution in [0.2, 0.25) is 0 Å². The van der Waals surface area contributed by atoms with E-state index in [-0.39, 0.29) is 6.04 Å². The van der Waals surface area contributed by atoms with Gasteiger partial charge < -0.3 is 15.5 Å². The van der Waals surface area contributed by atoms with Gasteiger partial charge in [-0.15, -0.1) is 0 Å². The minimum absolute atomic E-state index is 0.224. The van der Waals surface area contributed by atoms with Crippen molar-refractivity contribution < 1.29 is 0 Å². The Balaban J connectivity index is 2.70. The molecule has 3 nitrogen and oxygen atoms in total. The van der Waals surface area contributed by atoms with Crippen molar-refractivity contribution in [1.29, 1.82) is 0 Å². The molecule has 0 fully saturated rings. The van der Waals surface area contributed by atoms with Crippen LogP contribution in [0, 0.1) is 6.92 Å². The van der Waals surface area contributed by atoms with Crippen molar-refractivity contribution in [2.75, 3.05) is 38.6 Å². The van der Waals surface area contributed by atoms with Crippen LogP contribution in [0.1, 0.15) is 31.4 Å². The molecule has 0 radical (unpaired) electrons. The van der Waals surface area contributed by atoms with Gasteiger partial charge in [-0.25, -0.2) is 0 Å². The van der Waals surface area contributed by atoms with Gasteiger partial charge in [0.15, 0.2) is 0 Å². The minimum Gasteiger partial charge on any atom is -0.372 e. The van der Waals surface area contributed by atoms with E-state index in [0.29, 0.717) is 0 Å². The van der Waals surface area contributed by atoms with E-state index < -0.39 is 0 Å². The zero-order valence-electron chi connectivity index (χ0n) is 13.8. The van der Waals surface area contributed by atoms with Crippen LogP contribution < -0.4 is 10.6 Å². The molecule has 1 aromatic rings. The molecule has 2 N–H and O–H groups in total. The van der Waals surface area contributed by atoms with Crippen molar-refractivity contribution in [3.8, 4) is 0 Å². The Labute approximate surface area is 124 Å². The molecule has 1 rings (SSSR count).